The van der Waals surface area contributed by atoms with Crippen molar-refractivity contribution in [1.29, 1.82) is 0 Å². The predicted octanol–water partition coefficient (Wildman–Crippen LogP) is 2.95. The Kier molecular flexibility index (Phi) is 2.77. The Morgan fingerprint density at radius 3 is 2.40 bits per heavy atom. The van der Waals surface area contributed by atoms with Gasteiger partial charge >= 0.3 is 0 Å². The maximum atomic E-state index is 5.11. The summed E-state index contributed by atoms with van der Waals surface area (Å²) >= 11 is 3.35. The van der Waals surface area contributed by atoms with Crippen LogP contribution in [0.5, 0.6) is 5.75 Å². The zero-order valence-electron chi connectivity index (χ0n) is 8.57. The summed E-state index contributed by atoms with van der Waals surface area (Å²) in [5.41, 5.74) is 1.08. The highest BCUT2D eigenvalue weighted by atomic mass is 79.9. The summed E-state index contributed by atoms with van der Waals surface area (Å²) in [5.74, 6) is 1.81. The Bertz CT molecular complexity index is 462. The second kappa shape index (κ2) is 4.06. The van der Waals surface area contributed by atoms with E-state index in [-0.39, 0.29) is 0 Å². The van der Waals surface area contributed by atoms with E-state index in [1.54, 1.807) is 7.11 Å². The normalized spacial score (nSPS) is 10.3. The molecule has 1 aromatic heterocycles. The van der Waals surface area contributed by atoms with Crippen molar-refractivity contribution in [3.63, 3.8) is 0 Å². The molecular formula is C11H11BrN2O. The third-order valence-electron chi connectivity index (χ3n) is 2.20. The molecule has 0 N–H and O–H groups in total. The topological polar surface area (TPSA) is 27.1 Å². The molecule has 15 heavy (non-hydrogen) atoms. The summed E-state index contributed by atoms with van der Waals surface area (Å²) in [5, 5.41) is 0. The van der Waals surface area contributed by atoms with Crippen LogP contribution in [0.4, 0.5) is 0 Å². The Morgan fingerprint density at radius 1 is 1.27 bits per heavy atom. The molecule has 2 rings (SSSR count). The minimum atomic E-state index is 0.843. The monoisotopic (exact) mass is 266 g/mol. The molecule has 0 atom stereocenters. The number of methoxy groups -OCH3 is 1. The quantitative estimate of drug-likeness (QED) is 0.836. The SMILES string of the molecule is COc1ccc(-n2cc(Br)nc2C)cc1. The third-order valence-corrected chi connectivity index (χ3v) is 2.59. The Hall–Kier alpha value is -1.29. The summed E-state index contributed by atoms with van der Waals surface area (Å²) in [7, 11) is 1.66. The molecule has 0 bridgehead atoms. The lowest BCUT2D eigenvalue weighted by molar-refractivity contribution is 0.414. The van der Waals surface area contributed by atoms with E-state index in [9.17, 15) is 0 Å². The maximum absolute atomic E-state index is 5.11. The van der Waals surface area contributed by atoms with Crippen molar-refractivity contribution in [2.24, 2.45) is 0 Å². The van der Waals surface area contributed by atoms with Gasteiger partial charge in [0.1, 0.15) is 16.2 Å². The van der Waals surface area contributed by atoms with Crippen LogP contribution in [-0.4, -0.2) is 16.7 Å². The number of ether oxygens (including phenoxy) is 1. The molecule has 0 aliphatic rings. The average Bonchev–Trinajstić information content (AvgIpc) is 2.58. The number of hydrogen-bond acceptors (Lipinski definition) is 2. The number of aromatic nitrogens is 2. The molecule has 0 radical (unpaired) electrons. The highest BCUT2D eigenvalue weighted by Gasteiger charge is 2.03. The molecule has 4 heteroatoms. The number of benzene rings is 1. The molecule has 2 aromatic rings. The molecule has 0 amide bonds. The van der Waals surface area contributed by atoms with Gasteiger partial charge in [0, 0.05) is 11.9 Å². The Balaban J connectivity index is 2.41. The molecule has 0 unspecified atom stereocenters. The zero-order chi connectivity index (χ0) is 10.8. The minimum absolute atomic E-state index is 0.843. The van der Waals surface area contributed by atoms with E-state index in [2.05, 4.69) is 20.9 Å². The fourth-order valence-corrected chi connectivity index (χ4v) is 1.90. The number of nitrogens with zero attached hydrogens (tertiary/aromatic N) is 2. The average molecular weight is 267 g/mol. The lowest BCUT2D eigenvalue weighted by atomic mass is 10.3. The van der Waals surface area contributed by atoms with Gasteiger partial charge in [-0.2, -0.15) is 0 Å². The van der Waals surface area contributed by atoms with E-state index in [1.807, 2.05) is 42.0 Å². The number of hydrogen-bond donors (Lipinski definition) is 0. The molecule has 0 spiro atoms. The highest BCUT2D eigenvalue weighted by Crippen LogP contribution is 2.18. The molecule has 3 nitrogen and oxygen atoms in total. The second-order valence-electron chi connectivity index (χ2n) is 3.18. The van der Waals surface area contributed by atoms with Crippen LogP contribution in [0, 0.1) is 6.92 Å². The smallest absolute Gasteiger partial charge is 0.124 e. The van der Waals surface area contributed by atoms with E-state index in [4.69, 9.17) is 4.74 Å². The van der Waals surface area contributed by atoms with Crippen molar-refractivity contribution in [1.82, 2.24) is 9.55 Å². The molecule has 0 aliphatic carbocycles. The van der Waals surface area contributed by atoms with Crippen molar-refractivity contribution >= 4 is 15.9 Å². The number of aryl methyl sites for hydroxylation is 1. The van der Waals surface area contributed by atoms with Crippen LogP contribution >= 0.6 is 15.9 Å². The summed E-state index contributed by atoms with van der Waals surface area (Å²) in [6, 6.07) is 7.87. The predicted molar refractivity (Wildman–Crippen MR) is 62.6 cm³/mol. The Labute approximate surface area is 96.8 Å². The van der Waals surface area contributed by atoms with E-state index in [0.29, 0.717) is 0 Å². The van der Waals surface area contributed by atoms with E-state index >= 15 is 0 Å². The maximum Gasteiger partial charge on any atom is 0.124 e. The molecule has 0 fully saturated rings. The largest absolute Gasteiger partial charge is 0.497 e. The summed E-state index contributed by atoms with van der Waals surface area (Å²) in [6.45, 7) is 1.97. The zero-order valence-corrected chi connectivity index (χ0v) is 10.2. The highest BCUT2D eigenvalue weighted by molar-refractivity contribution is 9.10. The van der Waals surface area contributed by atoms with Gasteiger partial charge in [0.2, 0.25) is 0 Å². The van der Waals surface area contributed by atoms with E-state index in [0.717, 1.165) is 21.9 Å². The van der Waals surface area contributed by atoms with Gasteiger partial charge in [-0.1, -0.05) is 0 Å². The molecule has 0 aliphatic heterocycles. The van der Waals surface area contributed by atoms with Crippen LogP contribution in [0.25, 0.3) is 5.69 Å². The van der Waals surface area contributed by atoms with Gasteiger partial charge in [-0.15, -0.1) is 0 Å². The van der Waals surface area contributed by atoms with Crippen LogP contribution in [0.1, 0.15) is 5.82 Å². The van der Waals surface area contributed by atoms with Crippen molar-refractivity contribution < 1.29 is 4.74 Å². The summed E-state index contributed by atoms with van der Waals surface area (Å²) in [4.78, 5) is 4.28. The standard InChI is InChI=1S/C11H11BrN2O/c1-8-13-11(12)7-14(8)9-3-5-10(15-2)6-4-9/h3-7H,1-2H3. The lowest BCUT2D eigenvalue weighted by Crippen LogP contribution is -1.95. The first-order chi connectivity index (χ1) is 7.20. The molecule has 1 aromatic carbocycles. The van der Waals surface area contributed by atoms with Crippen LogP contribution in [0.15, 0.2) is 35.1 Å². The molecule has 1 heterocycles. The van der Waals surface area contributed by atoms with Gasteiger partial charge in [0.05, 0.1) is 7.11 Å². The molecule has 78 valence electrons. The van der Waals surface area contributed by atoms with Crippen LogP contribution in [0.3, 0.4) is 0 Å². The van der Waals surface area contributed by atoms with Gasteiger partial charge in [-0.05, 0) is 47.1 Å². The van der Waals surface area contributed by atoms with E-state index in [1.165, 1.54) is 0 Å². The summed E-state index contributed by atoms with van der Waals surface area (Å²) in [6.07, 6.45) is 1.94. The van der Waals surface area contributed by atoms with Gasteiger partial charge in [-0.3, -0.25) is 0 Å². The number of imidazole rings is 1. The van der Waals surface area contributed by atoms with Crippen LogP contribution in [-0.2, 0) is 0 Å². The lowest BCUT2D eigenvalue weighted by Gasteiger charge is -2.05. The molecule has 0 saturated carbocycles. The van der Waals surface area contributed by atoms with Gasteiger partial charge in [0.25, 0.3) is 0 Å². The van der Waals surface area contributed by atoms with Gasteiger partial charge in [-0.25, -0.2) is 4.98 Å². The summed E-state index contributed by atoms with van der Waals surface area (Å²) < 4.78 is 7.97. The van der Waals surface area contributed by atoms with Gasteiger partial charge < -0.3 is 9.30 Å². The molecule has 0 saturated heterocycles. The number of rotatable bonds is 2. The third kappa shape index (κ3) is 2.04. The van der Waals surface area contributed by atoms with Crippen LogP contribution < -0.4 is 4.74 Å². The van der Waals surface area contributed by atoms with E-state index < -0.39 is 0 Å². The first kappa shape index (κ1) is 10.2. The first-order valence-electron chi connectivity index (χ1n) is 4.56. The van der Waals surface area contributed by atoms with Crippen molar-refractivity contribution in [3.05, 3.63) is 40.9 Å². The van der Waals surface area contributed by atoms with Crippen molar-refractivity contribution in [3.8, 4) is 11.4 Å². The molecular weight excluding hydrogens is 256 g/mol. The van der Waals surface area contributed by atoms with Crippen molar-refractivity contribution in [2.45, 2.75) is 6.92 Å². The minimum Gasteiger partial charge on any atom is -0.497 e. The fraction of sp³-hybridized carbons (Fsp3) is 0.182. The Morgan fingerprint density at radius 2 is 1.93 bits per heavy atom. The number of halogens is 1. The van der Waals surface area contributed by atoms with Crippen molar-refractivity contribution in [2.75, 3.05) is 7.11 Å². The second-order valence-corrected chi connectivity index (χ2v) is 3.99. The van der Waals surface area contributed by atoms with Gasteiger partial charge in [0.15, 0.2) is 0 Å². The first-order valence-corrected chi connectivity index (χ1v) is 5.36. The van der Waals surface area contributed by atoms with Crippen LogP contribution in [0.2, 0.25) is 0 Å². The fourth-order valence-electron chi connectivity index (χ4n) is 1.44.